The van der Waals surface area contributed by atoms with Crippen LogP contribution in [-0.4, -0.2) is 28.2 Å². The summed E-state index contributed by atoms with van der Waals surface area (Å²) in [6, 6.07) is 16.1. The molecule has 0 fully saturated rings. The van der Waals surface area contributed by atoms with Gasteiger partial charge in [-0.3, -0.25) is 4.72 Å². The van der Waals surface area contributed by atoms with E-state index in [0.717, 1.165) is 0 Å². The van der Waals surface area contributed by atoms with Gasteiger partial charge in [0.25, 0.3) is 10.0 Å². The number of benzene rings is 2. The third kappa shape index (κ3) is 4.36. The first kappa shape index (κ1) is 18.9. The molecule has 0 unspecified atom stereocenters. The third-order valence-corrected chi connectivity index (χ3v) is 5.70. The van der Waals surface area contributed by atoms with Gasteiger partial charge in [-0.1, -0.05) is 23.7 Å². The van der Waals surface area contributed by atoms with Crippen molar-refractivity contribution in [2.24, 2.45) is 0 Å². The van der Waals surface area contributed by atoms with E-state index in [4.69, 9.17) is 16.3 Å². The molecule has 0 bridgehead atoms. The maximum atomic E-state index is 12.5. The predicted octanol–water partition coefficient (Wildman–Crippen LogP) is 3.91. The standard InChI is InChI=1S/C19H14ClN5O3S/c20-16-4-1-2-5-17(16)29(26,27)24-14-6-8-15(9-7-14)28-19-12-18(21-13-22-19)25-11-3-10-23-25/h1-13,24H. The number of sulfonamides is 1. The van der Waals surface area contributed by atoms with E-state index >= 15 is 0 Å². The van der Waals surface area contributed by atoms with E-state index < -0.39 is 10.0 Å². The molecule has 0 aliphatic rings. The number of aromatic nitrogens is 4. The number of nitrogens with zero attached hydrogens (tertiary/aromatic N) is 4. The van der Waals surface area contributed by atoms with E-state index in [9.17, 15) is 8.42 Å². The lowest BCUT2D eigenvalue weighted by molar-refractivity contribution is 0.460. The first-order valence-electron chi connectivity index (χ1n) is 8.39. The molecule has 4 rings (SSSR count). The Hall–Kier alpha value is -3.43. The van der Waals surface area contributed by atoms with Gasteiger partial charge >= 0.3 is 0 Å². The molecule has 0 aliphatic carbocycles. The summed E-state index contributed by atoms with van der Waals surface area (Å²) in [5.41, 5.74) is 0.372. The fourth-order valence-corrected chi connectivity index (χ4v) is 4.08. The summed E-state index contributed by atoms with van der Waals surface area (Å²) in [6.07, 6.45) is 4.77. The molecule has 10 heteroatoms. The Labute approximate surface area is 171 Å². The lowest BCUT2D eigenvalue weighted by Crippen LogP contribution is -2.13. The first-order chi connectivity index (χ1) is 14.0. The van der Waals surface area contributed by atoms with E-state index in [1.807, 2.05) is 0 Å². The monoisotopic (exact) mass is 427 g/mol. The van der Waals surface area contributed by atoms with Crippen molar-refractivity contribution in [3.8, 4) is 17.4 Å². The Morgan fingerprint density at radius 2 is 1.79 bits per heavy atom. The van der Waals surface area contributed by atoms with E-state index in [2.05, 4.69) is 19.8 Å². The zero-order valence-corrected chi connectivity index (χ0v) is 16.4. The molecule has 0 saturated heterocycles. The second-order valence-electron chi connectivity index (χ2n) is 5.83. The number of ether oxygens (including phenoxy) is 1. The Morgan fingerprint density at radius 1 is 1.00 bits per heavy atom. The fourth-order valence-electron chi connectivity index (χ4n) is 2.50. The second kappa shape index (κ2) is 7.90. The highest BCUT2D eigenvalue weighted by atomic mass is 35.5. The first-order valence-corrected chi connectivity index (χ1v) is 10.2. The van der Waals surface area contributed by atoms with Gasteiger partial charge in [0.1, 0.15) is 17.0 Å². The lowest BCUT2D eigenvalue weighted by atomic mass is 10.3. The van der Waals surface area contributed by atoms with Crippen LogP contribution in [0.4, 0.5) is 5.69 Å². The largest absolute Gasteiger partial charge is 0.439 e. The zero-order valence-electron chi connectivity index (χ0n) is 14.8. The molecule has 4 aromatic rings. The summed E-state index contributed by atoms with van der Waals surface area (Å²) < 4.78 is 34.8. The van der Waals surface area contributed by atoms with Crippen molar-refractivity contribution in [1.29, 1.82) is 0 Å². The van der Waals surface area contributed by atoms with E-state index in [0.29, 0.717) is 23.1 Å². The van der Waals surface area contributed by atoms with E-state index in [-0.39, 0.29) is 9.92 Å². The number of anilines is 1. The van der Waals surface area contributed by atoms with Crippen molar-refractivity contribution in [1.82, 2.24) is 19.7 Å². The Balaban J connectivity index is 1.49. The van der Waals surface area contributed by atoms with Gasteiger partial charge in [0.2, 0.25) is 5.88 Å². The van der Waals surface area contributed by atoms with Crippen LogP contribution in [0.25, 0.3) is 5.82 Å². The van der Waals surface area contributed by atoms with Crippen LogP contribution in [0.1, 0.15) is 0 Å². The second-order valence-corrected chi connectivity index (χ2v) is 7.89. The molecule has 0 radical (unpaired) electrons. The summed E-state index contributed by atoms with van der Waals surface area (Å²) in [5, 5.41) is 4.26. The fraction of sp³-hybridized carbons (Fsp3) is 0. The highest BCUT2D eigenvalue weighted by molar-refractivity contribution is 7.92. The average molecular weight is 428 g/mol. The minimum Gasteiger partial charge on any atom is -0.439 e. The van der Waals surface area contributed by atoms with Gasteiger partial charge in [0, 0.05) is 24.1 Å². The maximum Gasteiger partial charge on any atom is 0.263 e. The van der Waals surface area contributed by atoms with E-state index in [1.54, 1.807) is 65.6 Å². The molecule has 0 amide bonds. The van der Waals surface area contributed by atoms with Crippen LogP contribution in [0.2, 0.25) is 5.02 Å². The zero-order chi connectivity index (χ0) is 20.3. The van der Waals surface area contributed by atoms with Crippen molar-refractivity contribution in [2.75, 3.05) is 4.72 Å². The molecule has 2 aromatic heterocycles. The SMILES string of the molecule is O=S(=O)(Nc1ccc(Oc2cc(-n3cccn3)ncn2)cc1)c1ccccc1Cl. The minimum atomic E-state index is -3.80. The molecule has 2 heterocycles. The molecule has 0 spiro atoms. The number of rotatable bonds is 6. The number of nitrogens with one attached hydrogen (secondary N) is 1. The topological polar surface area (TPSA) is 99.0 Å². The average Bonchev–Trinajstić information content (AvgIpc) is 3.25. The molecule has 146 valence electrons. The molecule has 29 heavy (non-hydrogen) atoms. The van der Waals surface area contributed by atoms with Crippen molar-refractivity contribution in [3.05, 3.63) is 84.4 Å². The number of hydrogen-bond donors (Lipinski definition) is 1. The predicted molar refractivity (Wildman–Crippen MR) is 108 cm³/mol. The van der Waals surface area contributed by atoms with Crippen LogP contribution in [0, 0.1) is 0 Å². The maximum absolute atomic E-state index is 12.5. The van der Waals surface area contributed by atoms with Gasteiger partial charge in [-0.15, -0.1) is 0 Å². The lowest BCUT2D eigenvalue weighted by Gasteiger charge is -2.10. The van der Waals surface area contributed by atoms with Gasteiger partial charge in [0.05, 0.1) is 5.02 Å². The molecular weight excluding hydrogens is 414 g/mol. The summed E-state index contributed by atoms with van der Waals surface area (Å²) in [4.78, 5) is 8.22. The quantitative estimate of drug-likeness (QED) is 0.501. The van der Waals surface area contributed by atoms with Crippen LogP contribution in [0.15, 0.2) is 84.3 Å². The molecule has 2 aromatic carbocycles. The van der Waals surface area contributed by atoms with Crippen LogP contribution < -0.4 is 9.46 Å². The van der Waals surface area contributed by atoms with Gasteiger partial charge < -0.3 is 4.74 Å². The van der Waals surface area contributed by atoms with Crippen LogP contribution >= 0.6 is 11.6 Å². The van der Waals surface area contributed by atoms with Crippen LogP contribution in [0.3, 0.4) is 0 Å². The molecule has 8 nitrogen and oxygen atoms in total. The smallest absolute Gasteiger partial charge is 0.263 e. The van der Waals surface area contributed by atoms with E-state index in [1.165, 1.54) is 18.5 Å². The highest BCUT2D eigenvalue weighted by Crippen LogP contribution is 2.26. The Morgan fingerprint density at radius 3 is 2.52 bits per heavy atom. The number of hydrogen-bond acceptors (Lipinski definition) is 6. The normalized spacial score (nSPS) is 11.2. The van der Waals surface area contributed by atoms with Crippen molar-refractivity contribution >= 4 is 27.3 Å². The summed E-state index contributed by atoms with van der Waals surface area (Å²) in [7, 11) is -3.80. The molecule has 0 atom stereocenters. The molecule has 0 aliphatic heterocycles. The van der Waals surface area contributed by atoms with Crippen molar-refractivity contribution < 1.29 is 13.2 Å². The van der Waals surface area contributed by atoms with Gasteiger partial charge in [-0.05, 0) is 42.5 Å². The van der Waals surface area contributed by atoms with Gasteiger partial charge in [-0.2, -0.15) is 5.10 Å². The molecule has 1 N–H and O–H groups in total. The van der Waals surface area contributed by atoms with Gasteiger partial charge in [0.15, 0.2) is 5.82 Å². The summed E-state index contributed by atoms with van der Waals surface area (Å²) >= 11 is 5.98. The van der Waals surface area contributed by atoms with Crippen LogP contribution in [-0.2, 0) is 10.0 Å². The van der Waals surface area contributed by atoms with Crippen molar-refractivity contribution in [2.45, 2.75) is 4.90 Å². The Bertz CT molecular complexity index is 1230. The Kier molecular flexibility index (Phi) is 5.15. The van der Waals surface area contributed by atoms with Gasteiger partial charge in [-0.25, -0.2) is 23.1 Å². The highest BCUT2D eigenvalue weighted by Gasteiger charge is 2.17. The van der Waals surface area contributed by atoms with Crippen LogP contribution in [0.5, 0.6) is 11.6 Å². The summed E-state index contributed by atoms with van der Waals surface area (Å²) in [6.45, 7) is 0. The molecular formula is C19H14ClN5O3S. The van der Waals surface area contributed by atoms with Crippen molar-refractivity contribution in [3.63, 3.8) is 0 Å². The summed E-state index contributed by atoms with van der Waals surface area (Å²) in [5.74, 6) is 1.37. The number of halogens is 1. The third-order valence-electron chi connectivity index (χ3n) is 3.82. The minimum absolute atomic E-state index is 0.00845. The molecule has 0 saturated carbocycles.